The van der Waals surface area contributed by atoms with Gasteiger partial charge in [-0.15, -0.1) is 0 Å². The van der Waals surface area contributed by atoms with E-state index >= 15 is 0 Å². The molecule has 224 valence electrons. The SMILES string of the molecule is COCCNCc1ccc(Nc2cc(-c3cccc(N4CCc5cc(C(C)(C)C)ccc5C4=O)c3CO)c[nH]c2=O)nc1. The molecule has 1 aliphatic rings. The topological polar surface area (TPSA) is 120 Å². The number of nitrogens with one attached hydrogen (secondary N) is 3. The molecular formula is C34H39N5O4. The van der Waals surface area contributed by atoms with Crippen molar-refractivity contribution in [2.75, 3.05) is 37.0 Å². The van der Waals surface area contributed by atoms with Gasteiger partial charge in [-0.05, 0) is 58.4 Å². The zero-order valence-corrected chi connectivity index (χ0v) is 25.2. The van der Waals surface area contributed by atoms with Gasteiger partial charge in [-0.2, -0.15) is 0 Å². The predicted molar refractivity (Wildman–Crippen MR) is 170 cm³/mol. The van der Waals surface area contributed by atoms with E-state index in [1.54, 1.807) is 30.5 Å². The Hall–Kier alpha value is -4.31. The van der Waals surface area contributed by atoms with Crippen LogP contribution in [0.5, 0.6) is 0 Å². The molecule has 0 aliphatic carbocycles. The van der Waals surface area contributed by atoms with Crippen molar-refractivity contribution >= 4 is 23.1 Å². The van der Waals surface area contributed by atoms with E-state index < -0.39 is 0 Å². The van der Waals surface area contributed by atoms with Crippen molar-refractivity contribution < 1.29 is 14.6 Å². The Morgan fingerprint density at radius 1 is 1.07 bits per heavy atom. The number of carbonyl (C=O) groups excluding carboxylic acids is 1. The molecule has 0 saturated carbocycles. The number of fused-ring (bicyclic) bond motifs is 1. The first-order chi connectivity index (χ1) is 20.7. The Kier molecular flexibility index (Phi) is 9.05. The van der Waals surface area contributed by atoms with E-state index in [0.717, 1.165) is 29.7 Å². The number of anilines is 3. The number of H-pyrrole nitrogens is 1. The highest BCUT2D eigenvalue weighted by Crippen LogP contribution is 2.35. The average molecular weight is 582 g/mol. The number of rotatable bonds is 10. The van der Waals surface area contributed by atoms with Crippen LogP contribution in [0.15, 0.2) is 71.8 Å². The monoisotopic (exact) mass is 581 g/mol. The van der Waals surface area contributed by atoms with Gasteiger partial charge in [0.2, 0.25) is 0 Å². The molecular weight excluding hydrogens is 542 g/mol. The van der Waals surface area contributed by atoms with E-state index in [2.05, 4.69) is 47.4 Å². The summed E-state index contributed by atoms with van der Waals surface area (Å²) in [5, 5.41) is 16.9. The molecule has 3 heterocycles. The number of carbonyl (C=O) groups is 1. The van der Waals surface area contributed by atoms with Crippen LogP contribution in [-0.2, 0) is 29.7 Å². The largest absolute Gasteiger partial charge is 0.392 e. The molecule has 9 nitrogen and oxygen atoms in total. The van der Waals surface area contributed by atoms with E-state index in [1.165, 1.54) is 5.56 Å². The highest BCUT2D eigenvalue weighted by atomic mass is 16.5. The van der Waals surface area contributed by atoms with Crippen molar-refractivity contribution in [3.63, 3.8) is 0 Å². The van der Waals surface area contributed by atoms with Gasteiger partial charge < -0.3 is 30.4 Å². The molecule has 4 aromatic rings. The summed E-state index contributed by atoms with van der Waals surface area (Å²) in [7, 11) is 1.67. The molecule has 1 aliphatic heterocycles. The number of aliphatic hydroxyl groups excluding tert-OH is 1. The van der Waals surface area contributed by atoms with Crippen LogP contribution in [0, 0.1) is 0 Å². The Morgan fingerprint density at radius 3 is 2.63 bits per heavy atom. The summed E-state index contributed by atoms with van der Waals surface area (Å²) in [5.74, 6) is 0.451. The highest BCUT2D eigenvalue weighted by molar-refractivity contribution is 6.09. The summed E-state index contributed by atoms with van der Waals surface area (Å²) in [5.41, 5.74) is 6.69. The van der Waals surface area contributed by atoms with E-state index in [0.29, 0.717) is 53.6 Å². The van der Waals surface area contributed by atoms with Crippen molar-refractivity contribution in [1.82, 2.24) is 15.3 Å². The number of aromatic amines is 1. The van der Waals surface area contributed by atoms with Crippen LogP contribution in [-0.4, -0.2) is 47.8 Å². The number of hydrogen-bond acceptors (Lipinski definition) is 7. The zero-order chi connectivity index (χ0) is 30.6. The van der Waals surface area contributed by atoms with Gasteiger partial charge in [0.05, 0.1) is 18.9 Å². The fourth-order valence-electron chi connectivity index (χ4n) is 5.33. The molecule has 0 radical (unpaired) electrons. The number of benzene rings is 2. The second kappa shape index (κ2) is 12.9. The number of pyridine rings is 2. The number of aromatic nitrogens is 2. The lowest BCUT2D eigenvalue weighted by Crippen LogP contribution is -2.38. The Balaban J connectivity index is 1.40. The molecule has 0 bridgehead atoms. The lowest BCUT2D eigenvalue weighted by molar-refractivity contribution is 0.0980. The number of amides is 1. The zero-order valence-electron chi connectivity index (χ0n) is 25.2. The third-order valence-corrected chi connectivity index (χ3v) is 7.77. The molecule has 2 aromatic heterocycles. The summed E-state index contributed by atoms with van der Waals surface area (Å²) >= 11 is 0. The van der Waals surface area contributed by atoms with E-state index in [1.807, 2.05) is 42.5 Å². The van der Waals surface area contributed by atoms with Crippen molar-refractivity contribution in [2.45, 2.75) is 45.8 Å². The summed E-state index contributed by atoms with van der Waals surface area (Å²) in [6, 6.07) is 17.2. The molecule has 4 N–H and O–H groups in total. The van der Waals surface area contributed by atoms with Crippen LogP contribution in [0.2, 0.25) is 0 Å². The van der Waals surface area contributed by atoms with Crippen LogP contribution in [0.4, 0.5) is 17.2 Å². The standard InChI is InChI=1S/C34H39N5O4/c1-34(2,3)25-9-10-27-23(16-25)12-14-39(33(27)42)30-7-5-6-26(28(30)21-40)24-17-29(32(41)37-20-24)38-31-11-8-22(19-36-31)18-35-13-15-43-4/h5-11,16-17,19-20,35,40H,12-15,18,21H2,1-4H3,(H,36,38)(H,37,41). The molecule has 9 heteroatoms. The molecule has 0 fully saturated rings. The Labute approximate surface area is 252 Å². The number of ether oxygens (including phenoxy) is 1. The van der Waals surface area contributed by atoms with Crippen LogP contribution in [0.1, 0.15) is 53.4 Å². The third kappa shape index (κ3) is 6.69. The normalized spacial score (nSPS) is 13.2. The van der Waals surface area contributed by atoms with Crippen molar-refractivity contribution in [1.29, 1.82) is 0 Å². The van der Waals surface area contributed by atoms with Gasteiger partial charge in [-0.25, -0.2) is 4.98 Å². The first kappa shape index (κ1) is 30.2. The molecule has 5 rings (SSSR count). The average Bonchev–Trinajstić information content (AvgIpc) is 3.00. The number of aliphatic hydroxyl groups is 1. The van der Waals surface area contributed by atoms with Crippen molar-refractivity contribution in [2.24, 2.45) is 0 Å². The molecule has 1 amide bonds. The lowest BCUT2D eigenvalue weighted by atomic mass is 9.84. The van der Waals surface area contributed by atoms with Crippen molar-refractivity contribution in [3.05, 3.63) is 105 Å². The van der Waals surface area contributed by atoms with Crippen LogP contribution in [0.3, 0.4) is 0 Å². The van der Waals surface area contributed by atoms with Crippen LogP contribution in [0.25, 0.3) is 11.1 Å². The predicted octanol–water partition coefficient (Wildman–Crippen LogP) is 4.91. The third-order valence-electron chi connectivity index (χ3n) is 7.77. The summed E-state index contributed by atoms with van der Waals surface area (Å²) in [6.07, 6.45) is 4.10. The maximum Gasteiger partial charge on any atom is 0.271 e. The summed E-state index contributed by atoms with van der Waals surface area (Å²) in [6.45, 7) is 8.78. The fourth-order valence-corrected chi connectivity index (χ4v) is 5.33. The molecule has 0 unspecified atom stereocenters. The first-order valence-corrected chi connectivity index (χ1v) is 14.5. The second-order valence-electron chi connectivity index (χ2n) is 11.8. The summed E-state index contributed by atoms with van der Waals surface area (Å²) in [4.78, 5) is 35.4. The first-order valence-electron chi connectivity index (χ1n) is 14.5. The quantitative estimate of drug-likeness (QED) is 0.197. The summed E-state index contributed by atoms with van der Waals surface area (Å²) < 4.78 is 5.05. The molecule has 43 heavy (non-hydrogen) atoms. The number of hydrogen-bond donors (Lipinski definition) is 4. The van der Waals surface area contributed by atoms with E-state index in [-0.39, 0.29) is 23.5 Å². The Bertz CT molecular complexity index is 1660. The van der Waals surface area contributed by atoms with Crippen LogP contribution < -0.4 is 21.1 Å². The minimum absolute atomic E-state index is 0.000954. The van der Waals surface area contributed by atoms with Gasteiger partial charge >= 0.3 is 0 Å². The lowest BCUT2D eigenvalue weighted by Gasteiger charge is -2.32. The van der Waals surface area contributed by atoms with E-state index in [9.17, 15) is 14.7 Å². The molecule has 2 aromatic carbocycles. The number of nitrogens with zero attached hydrogens (tertiary/aromatic N) is 2. The second-order valence-corrected chi connectivity index (χ2v) is 11.8. The van der Waals surface area contributed by atoms with Gasteiger partial charge in [0.25, 0.3) is 11.5 Å². The molecule has 0 spiro atoms. The smallest absolute Gasteiger partial charge is 0.271 e. The maximum atomic E-state index is 13.7. The maximum absolute atomic E-state index is 13.7. The van der Waals surface area contributed by atoms with Gasteiger partial charge in [0.15, 0.2) is 0 Å². The van der Waals surface area contributed by atoms with Gasteiger partial charge in [-0.3, -0.25) is 9.59 Å². The number of methoxy groups -OCH3 is 1. The molecule has 0 saturated heterocycles. The van der Waals surface area contributed by atoms with E-state index in [4.69, 9.17) is 4.74 Å². The van der Waals surface area contributed by atoms with Crippen molar-refractivity contribution in [3.8, 4) is 11.1 Å². The minimum atomic E-state index is -0.296. The van der Waals surface area contributed by atoms with Gasteiger partial charge in [0, 0.05) is 55.8 Å². The Morgan fingerprint density at radius 2 is 1.91 bits per heavy atom. The van der Waals surface area contributed by atoms with Gasteiger partial charge in [0.1, 0.15) is 11.5 Å². The minimum Gasteiger partial charge on any atom is -0.392 e. The fraction of sp³-hybridized carbons (Fsp3) is 0.324. The molecule has 0 atom stereocenters. The van der Waals surface area contributed by atoms with Gasteiger partial charge in [-0.1, -0.05) is 51.1 Å². The van der Waals surface area contributed by atoms with Crippen LogP contribution >= 0.6 is 0 Å². The highest BCUT2D eigenvalue weighted by Gasteiger charge is 2.29.